The number of rotatable bonds is 3. The van der Waals surface area contributed by atoms with E-state index in [1.165, 1.54) is 12.1 Å². The van der Waals surface area contributed by atoms with Gasteiger partial charge in [0.25, 0.3) is 0 Å². The molecule has 0 unspecified atom stereocenters. The van der Waals surface area contributed by atoms with Crippen molar-refractivity contribution in [3.63, 3.8) is 0 Å². The Morgan fingerprint density at radius 3 is 2.56 bits per heavy atom. The number of aromatic hydroxyl groups is 1. The van der Waals surface area contributed by atoms with E-state index in [2.05, 4.69) is 4.74 Å². The summed E-state index contributed by atoms with van der Waals surface area (Å²) in [4.78, 5) is 10.2. The molecule has 0 heterocycles. The van der Waals surface area contributed by atoms with Crippen LogP contribution in [-0.2, 0) is 4.79 Å². The fourth-order valence-corrected chi connectivity index (χ4v) is 1.51. The summed E-state index contributed by atoms with van der Waals surface area (Å²) >= 11 is 0. The van der Waals surface area contributed by atoms with Gasteiger partial charge >= 0.3 is 6.11 Å². The lowest BCUT2D eigenvalue weighted by Crippen LogP contribution is -2.45. The predicted octanol–water partition coefficient (Wildman–Crippen LogP) is 1.27. The quantitative estimate of drug-likeness (QED) is 0.894. The van der Waals surface area contributed by atoms with Crippen molar-refractivity contribution in [3.8, 4) is 11.5 Å². The van der Waals surface area contributed by atoms with Crippen LogP contribution in [-0.4, -0.2) is 17.2 Å². The molecular weight excluding hydrogens is 246 g/mol. The molecule has 0 aliphatic heterocycles. The molecule has 2 aromatic carbocycles. The second-order valence-corrected chi connectivity index (χ2v) is 3.54. The van der Waals surface area contributed by atoms with Crippen LogP contribution in [0.1, 0.15) is 0 Å². The molecule has 6 heteroatoms. The van der Waals surface area contributed by atoms with Gasteiger partial charge in [-0.2, -0.15) is 8.78 Å². The second kappa shape index (κ2) is 4.14. The molecule has 0 atom stereocenters. The number of fused-ring (bicyclic) bond motifs is 1. The summed E-state index contributed by atoms with van der Waals surface area (Å²) in [6, 6.07) is 8.89. The standard InChI is InChI=1S/C12H8F2O4/c13-12(14,11(16)17)18-10-8-4-2-1-3-7(8)5-6-9(10)15/h1-6,15H,(H,16,17)/p-1. The molecular formula is C12H7F2O4-. The Balaban J connectivity index is 2.56. The molecule has 4 nitrogen and oxygen atoms in total. The lowest BCUT2D eigenvalue weighted by atomic mass is 10.1. The van der Waals surface area contributed by atoms with E-state index in [-0.39, 0.29) is 5.39 Å². The van der Waals surface area contributed by atoms with E-state index in [9.17, 15) is 23.8 Å². The number of phenols is 1. The van der Waals surface area contributed by atoms with E-state index < -0.39 is 23.6 Å². The number of alkyl halides is 2. The first-order valence-electron chi connectivity index (χ1n) is 4.91. The van der Waals surface area contributed by atoms with Crippen molar-refractivity contribution < 1.29 is 28.5 Å². The first-order chi connectivity index (χ1) is 8.42. The minimum Gasteiger partial charge on any atom is -0.541 e. The van der Waals surface area contributed by atoms with Crippen LogP contribution in [0.4, 0.5) is 8.78 Å². The van der Waals surface area contributed by atoms with Gasteiger partial charge in [-0.3, -0.25) is 0 Å². The average molecular weight is 253 g/mol. The topological polar surface area (TPSA) is 69.6 Å². The normalized spacial score (nSPS) is 11.4. The SMILES string of the molecule is O=C([O-])C(F)(F)Oc1c(O)ccc2ccccc12. The maximum absolute atomic E-state index is 12.9. The van der Waals surface area contributed by atoms with Crippen LogP contribution in [0.5, 0.6) is 11.5 Å². The van der Waals surface area contributed by atoms with Gasteiger partial charge in [-0.1, -0.05) is 30.3 Å². The van der Waals surface area contributed by atoms with Crippen LogP contribution in [0.3, 0.4) is 0 Å². The van der Waals surface area contributed by atoms with Gasteiger partial charge in [-0.25, -0.2) is 0 Å². The van der Waals surface area contributed by atoms with Crippen LogP contribution in [0, 0.1) is 0 Å². The Hall–Kier alpha value is -2.37. The molecule has 94 valence electrons. The van der Waals surface area contributed by atoms with Gasteiger partial charge in [0.15, 0.2) is 17.5 Å². The highest BCUT2D eigenvalue weighted by Crippen LogP contribution is 2.37. The van der Waals surface area contributed by atoms with Gasteiger partial charge in [-0.05, 0) is 11.5 Å². The van der Waals surface area contributed by atoms with Gasteiger partial charge in [-0.15, -0.1) is 0 Å². The number of hydrogen-bond donors (Lipinski definition) is 1. The minimum absolute atomic E-state index is 0.179. The molecule has 0 spiro atoms. The monoisotopic (exact) mass is 253 g/mol. The summed E-state index contributed by atoms with van der Waals surface area (Å²) in [5, 5.41) is 20.4. The fraction of sp³-hybridized carbons (Fsp3) is 0.0833. The molecule has 0 radical (unpaired) electrons. The van der Waals surface area contributed by atoms with Crippen molar-refractivity contribution >= 4 is 16.7 Å². The summed E-state index contributed by atoms with van der Waals surface area (Å²) in [6.07, 6.45) is -4.51. The van der Waals surface area contributed by atoms with Gasteiger partial charge in [0.1, 0.15) is 0 Å². The van der Waals surface area contributed by atoms with Crippen molar-refractivity contribution in [1.82, 2.24) is 0 Å². The Morgan fingerprint density at radius 1 is 1.22 bits per heavy atom. The van der Waals surface area contributed by atoms with Crippen molar-refractivity contribution in [2.75, 3.05) is 0 Å². The molecule has 18 heavy (non-hydrogen) atoms. The van der Waals surface area contributed by atoms with Crippen molar-refractivity contribution in [3.05, 3.63) is 36.4 Å². The van der Waals surface area contributed by atoms with E-state index in [4.69, 9.17) is 0 Å². The molecule has 0 aliphatic carbocycles. The predicted molar refractivity (Wildman–Crippen MR) is 56.2 cm³/mol. The second-order valence-electron chi connectivity index (χ2n) is 3.54. The zero-order valence-corrected chi connectivity index (χ0v) is 8.89. The Bertz CT molecular complexity index is 610. The highest BCUT2D eigenvalue weighted by Gasteiger charge is 2.35. The van der Waals surface area contributed by atoms with E-state index in [0.29, 0.717) is 5.39 Å². The third-order valence-electron chi connectivity index (χ3n) is 2.33. The summed E-state index contributed by atoms with van der Waals surface area (Å²) in [5.41, 5.74) is 0. The van der Waals surface area contributed by atoms with Gasteiger partial charge < -0.3 is 19.7 Å². The van der Waals surface area contributed by atoms with E-state index >= 15 is 0 Å². The zero-order chi connectivity index (χ0) is 13.3. The fourth-order valence-electron chi connectivity index (χ4n) is 1.51. The molecule has 0 aromatic heterocycles. The van der Waals surface area contributed by atoms with Crippen molar-refractivity contribution in [2.24, 2.45) is 0 Å². The summed E-state index contributed by atoms with van der Waals surface area (Å²) < 4.78 is 30.0. The van der Waals surface area contributed by atoms with Crippen LogP contribution in [0.15, 0.2) is 36.4 Å². The van der Waals surface area contributed by atoms with E-state index in [1.807, 2.05) is 0 Å². The molecule has 0 bridgehead atoms. The van der Waals surface area contributed by atoms with Crippen LogP contribution in [0.2, 0.25) is 0 Å². The summed E-state index contributed by atoms with van der Waals surface area (Å²) in [6.45, 7) is 0. The lowest BCUT2D eigenvalue weighted by molar-refractivity contribution is -0.350. The maximum Gasteiger partial charge on any atom is 0.441 e. The Kier molecular flexibility index (Phi) is 2.78. The van der Waals surface area contributed by atoms with Crippen LogP contribution >= 0.6 is 0 Å². The van der Waals surface area contributed by atoms with Crippen molar-refractivity contribution in [1.29, 1.82) is 0 Å². The molecule has 0 fully saturated rings. The maximum atomic E-state index is 12.9. The van der Waals surface area contributed by atoms with Gasteiger partial charge in [0, 0.05) is 5.39 Å². The molecule has 2 aromatic rings. The number of phenolic OH excluding ortho intramolecular Hbond substituents is 1. The minimum atomic E-state index is -4.51. The van der Waals surface area contributed by atoms with Crippen LogP contribution < -0.4 is 9.84 Å². The lowest BCUT2D eigenvalue weighted by Gasteiger charge is -2.20. The summed E-state index contributed by atoms with van der Waals surface area (Å²) in [7, 11) is 0. The number of aliphatic carboxylic acids is 1. The van der Waals surface area contributed by atoms with E-state index in [1.54, 1.807) is 18.2 Å². The molecule has 0 saturated carbocycles. The number of carbonyl (C=O) groups excluding carboxylic acids is 1. The number of carboxylic acids is 1. The number of halogens is 2. The molecule has 0 saturated heterocycles. The highest BCUT2D eigenvalue weighted by molar-refractivity contribution is 5.91. The first-order valence-corrected chi connectivity index (χ1v) is 4.91. The number of benzene rings is 2. The molecule has 1 N–H and O–H groups in total. The molecule has 2 rings (SSSR count). The summed E-state index contributed by atoms with van der Waals surface area (Å²) in [5.74, 6) is -3.84. The molecule has 0 amide bonds. The largest absolute Gasteiger partial charge is 0.541 e. The molecule has 0 aliphatic rings. The first kappa shape index (κ1) is 12.1. The zero-order valence-electron chi connectivity index (χ0n) is 8.89. The van der Waals surface area contributed by atoms with Crippen molar-refractivity contribution in [2.45, 2.75) is 6.11 Å². The Morgan fingerprint density at radius 2 is 1.89 bits per heavy atom. The number of carbonyl (C=O) groups is 1. The number of hydrogen-bond acceptors (Lipinski definition) is 4. The third-order valence-corrected chi connectivity index (χ3v) is 2.33. The third kappa shape index (κ3) is 2.04. The number of carboxylic acid groups (broad SMARTS) is 1. The smallest absolute Gasteiger partial charge is 0.441 e. The average Bonchev–Trinajstić information content (AvgIpc) is 2.32. The van der Waals surface area contributed by atoms with Gasteiger partial charge in [0.2, 0.25) is 0 Å². The highest BCUT2D eigenvalue weighted by atomic mass is 19.3. The number of ether oxygens (including phenoxy) is 1. The van der Waals surface area contributed by atoms with Crippen LogP contribution in [0.25, 0.3) is 10.8 Å². The Labute approximate surface area is 100 Å². The van der Waals surface area contributed by atoms with Gasteiger partial charge in [0.05, 0.1) is 0 Å². The van der Waals surface area contributed by atoms with E-state index in [0.717, 1.165) is 6.07 Å².